The van der Waals surface area contributed by atoms with Gasteiger partial charge in [0, 0.05) is 11.1 Å². The van der Waals surface area contributed by atoms with Crippen molar-refractivity contribution in [2.45, 2.75) is 13.0 Å². The molecular formula is C21H23NO7. The molecule has 29 heavy (non-hydrogen) atoms. The highest BCUT2D eigenvalue weighted by molar-refractivity contribution is 5.99. The summed E-state index contributed by atoms with van der Waals surface area (Å²) in [6.45, 7) is 1.05. The van der Waals surface area contributed by atoms with Crippen molar-refractivity contribution >= 4 is 17.7 Å². The third-order valence-electron chi connectivity index (χ3n) is 4.07. The SMILES string of the molecule is COc1cc(C(=O)N[C@@H](C)C(=O)OCC(=O)c2ccccc2)cc(OC)c1OC. The van der Waals surface area contributed by atoms with E-state index in [0.717, 1.165) is 0 Å². The van der Waals surface area contributed by atoms with Gasteiger partial charge in [0.25, 0.3) is 5.91 Å². The second kappa shape index (κ2) is 10.1. The van der Waals surface area contributed by atoms with Crippen molar-refractivity contribution < 1.29 is 33.3 Å². The van der Waals surface area contributed by atoms with Gasteiger partial charge in [0.2, 0.25) is 5.75 Å². The van der Waals surface area contributed by atoms with Crippen LogP contribution in [-0.2, 0) is 9.53 Å². The molecule has 2 aromatic carbocycles. The molecule has 0 aliphatic carbocycles. The van der Waals surface area contributed by atoms with Crippen LogP contribution in [0.1, 0.15) is 27.6 Å². The van der Waals surface area contributed by atoms with Crippen molar-refractivity contribution in [1.29, 1.82) is 0 Å². The molecule has 0 bridgehead atoms. The lowest BCUT2D eigenvalue weighted by molar-refractivity contribution is -0.144. The van der Waals surface area contributed by atoms with Gasteiger partial charge in [0.15, 0.2) is 23.9 Å². The molecule has 2 aromatic rings. The second-order valence-corrected chi connectivity index (χ2v) is 6.01. The maximum Gasteiger partial charge on any atom is 0.328 e. The van der Waals surface area contributed by atoms with E-state index in [2.05, 4.69) is 5.32 Å². The Bertz CT molecular complexity index is 855. The molecule has 0 aliphatic rings. The summed E-state index contributed by atoms with van der Waals surface area (Å²) < 4.78 is 20.7. The van der Waals surface area contributed by atoms with Crippen LogP contribution in [-0.4, -0.2) is 51.6 Å². The lowest BCUT2D eigenvalue weighted by atomic mass is 10.1. The van der Waals surface area contributed by atoms with E-state index in [1.165, 1.54) is 40.4 Å². The first-order valence-corrected chi connectivity index (χ1v) is 8.77. The van der Waals surface area contributed by atoms with Crippen molar-refractivity contribution in [2.75, 3.05) is 27.9 Å². The van der Waals surface area contributed by atoms with Crippen LogP contribution in [0.5, 0.6) is 17.2 Å². The fourth-order valence-electron chi connectivity index (χ4n) is 2.52. The number of hydrogen-bond donors (Lipinski definition) is 1. The summed E-state index contributed by atoms with van der Waals surface area (Å²) in [6, 6.07) is 10.4. The van der Waals surface area contributed by atoms with E-state index in [0.29, 0.717) is 22.8 Å². The topological polar surface area (TPSA) is 100 Å². The van der Waals surface area contributed by atoms with Gasteiger partial charge in [-0.3, -0.25) is 9.59 Å². The van der Waals surface area contributed by atoms with Gasteiger partial charge in [-0.2, -0.15) is 0 Å². The van der Waals surface area contributed by atoms with Crippen LogP contribution in [0.4, 0.5) is 0 Å². The predicted octanol–water partition coefficient (Wildman–Crippen LogP) is 2.26. The maximum atomic E-state index is 12.5. The molecule has 1 atom stereocenters. The summed E-state index contributed by atoms with van der Waals surface area (Å²) in [4.78, 5) is 36.7. The molecule has 0 spiro atoms. The number of methoxy groups -OCH3 is 3. The van der Waals surface area contributed by atoms with Gasteiger partial charge in [-0.15, -0.1) is 0 Å². The maximum absolute atomic E-state index is 12.5. The monoisotopic (exact) mass is 401 g/mol. The molecule has 8 heteroatoms. The number of carbonyl (C=O) groups excluding carboxylic acids is 3. The zero-order valence-electron chi connectivity index (χ0n) is 16.7. The summed E-state index contributed by atoms with van der Waals surface area (Å²) in [5.74, 6) is -0.639. The Balaban J connectivity index is 2.01. The smallest absolute Gasteiger partial charge is 0.328 e. The number of nitrogens with one attached hydrogen (secondary N) is 1. The zero-order valence-corrected chi connectivity index (χ0v) is 16.7. The molecule has 154 valence electrons. The molecule has 0 fully saturated rings. The Morgan fingerprint density at radius 3 is 2.00 bits per heavy atom. The van der Waals surface area contributed by atoms with Crippen molar-refractivity contribution in [3.05, 3.63) is 53.6 Å². The summed E-state index contributed by atoms with van der Waals surface area (Å²) in [6.07, 6.45) is 0. The number of ketones is 1. The quantitative estimate of drug-likeness (QED) is 0.508. The molecule has 2 rings (SSSR count). The minimum absolute atomic E-state index is 0.208. The Hall–Kier alpha value is -3.55. The molecule has 0 heterocycles. The van der Waals surface area contributed by atoms with Crippen LogP contribution in [0, 0.1) is 0 Å². The third-order valence-corrected chi connectivity index (χ3v) is 4.07. The molecule has 0 aromatic heterocycles. The highest BCUT2D eigenvalue weighted by Crippen LogP contribution is 2.38. The Morgan fingerprint density at radius 1 is 0.897 bits per heavy atom. The van der Waals surface area contributed by atoms with E-state index >= 15 is 0 Å². The summed E-state index contributed by atoms with van der Waals surface area (Å²) in [7, 11) is 4.32. The number of benzene rings is 2. The molecule has 0 aliphatic heterocycles. The fourth-order valence-corrected chi connectivity index (χ4v) is 2.52. The second-order valence-electron chi connectivity index (χ2n) is 6.01. The van der Waals surface area contributed by atoms with Crippen molar-refractivity contribution in [2.24, 2.45) is 0 Å². The van der Waals surface area contributed by atoms with E-state index in [9.17, 15) is 14.4 Å². The lowest BCUT2D eigenvalue weighted by Gasteiger charge is -2.16. The molecule has 1 amide bonds. The molecular weight excluding hydrogens is 378 g/mol. The minimum Gasteiger partial charge on any atom is -0.493 e. The number of esters is 1. The van der Waals surface area contributed by atoms with E-state index < -0.39 is 24.5 Å². The first kappa shape index (κ1) is 21.7. The molecule has 0 unspecified atom stereocenters. The highest BCUT2D eigenvalue weighted by Gasteiger charge is 2.22. The van der Waals surface area contributed by atoms with E-state index in [1.54, 1.807) is 30.3 Å². The van der Waals surface area contributed by atoms with Crippen molar-refractivity contribution in [1.82, 2.24) is 5.32 Å². The largest absolute Gasteiger partial charge is 0.493 e. The van der Waals surface area contributed by atoms with E-state index in [1.807, 2.05) is 0 Å². The summed E-state index contributed by atoms with van der Waals surface area (Å²) >= 11 is 0. The standard InChI is InChI=1S/C21H23NO7/c1-13(21(25)29-12-16(23)14-8-6-5-7-9-14)22-20(24)15-10-17(26-2)19(28-4)18(11-15)27-3/h5-11,13H,12H2,1-4H3,(H,22,24)/t13-/m0/s1. The average Bonchev–Trinajstić information content (AvgIpc) is 2.76. The fraction of sp³-hybridized carbons (Fsp3) is 0.286. The van der Waals surface area contributed by atoms with Gasteiger partial charge in [0.05, 0.1) is 21.3 Å². The first-order chi connectivity index (χ1) is 13.9. The Kier molecular flexibility index (Phi) is 7.59. The van der Waals surface area contributed by atoms with E-state index in [4.69, 9.17) is 18.9 Å². The normalized spacial score (nSPS) is 11.2. The Labute approximate surface area is 168 Å². The summed E-state index contributed by atoms with van der Waals surface area (Å²) in [5.41, 5.74) is 0.647. The molecule has 1 N–H and O–H groups in total. The van der Waals surface area contributed by atoms with Crippen molar-refractivity contribution in [3.8, 4) is 17.2 Å². The number of carbonyl (C=O) groups is 3. The number of hydrogen-bond acceptors (Lipinski definition) is 7. The van der Waals surface area contributed by atoms with Crippen LogP contribution < -0.4 is 19.5 Å². The van der Waals surface area contributed by atoms with Gasteiger partial charge in [-0.25, -0.2) is 4.79 Å². The van der Waals surface area contributed by atoms with Gasteiger partial charge in [0.1, 0.15) is 6.04 Å². The lowest BCUT2D eigenvalue weighted by Crippen LogP contribution is -2.40. The number of ether oxygens (including phenoxy) is 4. The first-order valence-electron chi connectivity index (χ1n) is 8.77. The van der Waals surface area contributed by atoms with Crippen LogP contribution in [0.25, 0.3) is 0 Å². The van der Waals surface area contributed by atoms with Gasteiger partial charge >= 0.3 is 5.97 Å². The molecule has 0 radical (unpaired) electrons. The van der Waals surface area contributed by atoms with E-state index in [-0.39, 0.29) is 11.3 Å². The van der Waals surface area contributed by atoms with Gasteiger partial charge < -0.3 is 24.3 Å². The van der Waals surface area contributed by atoms with Gasteiger partial charge in [-0.05, 0) is 19.1 Å². The minimum atomic E-state index is -0.967. The number of rotatable bonds is 9. The molecule has 8 nitrogen and oxygen atoms in total. The Morgan fingerprint density at radius 2 is 1.48 bits per heavy atom. The van der Waals surface area contributed by atoms with Crippen LogP contribution in [0.2, 0.25) is 0 Å². The van der Waals surface area contributed by atoms with Crippen molar-refractivity contribution in [3.63, 3.8) is 0 Å². The number of amides is 1. The third kappa shape index (κ3) is 5.47. The predicted molar refractivity (Wildman–Crippen MR) is 105 cm³/mol. The van der Waals surface area contributed by atoms with Crippen LogP contribution >= 0.6 is 0 Å². The molecule has 0 saturated heterocycles. The zero-order chi connectivity index (χ0) is 21.4. The number of Topliss-reactive ketones (excluding diaryl/α,β-unsaturated/α-hetero) is 1. The molecule has 0 saturated carbocycles. The highest BCUT2D eigenvalue weighted by atomic mass is 16.5. The average molecular weight is 401 g/mol. The van der Waals surface area contributed by atoms with Crippen LogP contribution in [0.15, 0.2) is 42.5 Å². The summed E-state index contributed by atoms with van der Waals surface area (Å²) in [5, 5.41) is 2.52. The van der Waals surface area contributed by atoms with Crippen LogP contribution in [0.3, 0.4) is 0 Å². The van der Waals surface area contributed by atoms with Gasteiger partial charge in [-0.1, -0.05) is 30.3 Å².